The number of fused-ring (bicyclic) bond motifs is 3. The van der Waals surface area contributed by atoms with E-state index in [9.17, 15) is 15.2 Å². The molecule has 0 radical (unpaired) electrons. The van der Waals surface area contributed by atoms with E-state index in [1.54, 1.807) is 17.4 Å². The van der Waals surface area contributed by atoms with Gasteiger partial charge in [-0.1, -0.05) is 38.3 Å². The molecule has 0 unspecified atom stereocenters. The van der Waals surface area contributed by atoms with Gasteiger partial charge < -0.3 is 9.67 Å². The monoisotopic (exact) mass is 616 g/mol. The number of aromatic nitrogens is 1. The van der Waals surface area contributed by atoms with Crippen molar-refractivity contribution in [2.45, 2.75) is 94.4 Å². The summed E-state index contributed by atoms with van der Waals surface area (Å²) in [5, 5.41) is 21.7. The van der Waals surface area contributed by atoms with E-state index in [4.69, 9.17) is 0 Å². The molecule has 5 heteroatoms. The van der Waals surface area contributed by atoms with Crippen LogP contribution >= 0.6 is 11.3 Å². The maximum absolute atomic E-state index is 11.6. The number of aliphatic carboxylic acids is 1. The summed E-state index contributed by atoms with van der Waals surface area (Å²) < 4.78 is 2.48. The Labute approximate surface area is 271 Å². The largest absolute Gasteiger partial charge is 0.477 e. The van der Waals surface area contributed by atoms with E-state index in [1.807, 2.05) is 6.07 Å². The van der Waals surface area contributed by atoms with Crippen molar-refractivity contribution in [2.24, 2.45) is 0 Å². The summed E-state index contributed by atoms with van der Waals surface area (Å²) >= 11 is 1.56. The van der Waals surface area contributed by atoms with Crippen molar-refractivity contribution in [3.05, 3.63) is 90.9 Å². The highest BCUT2D eigenvalue weighted by Crippen LogP contribution is 2.44. The Hall–Kier alpha value is -4.14. The van der Waals surface area contributed by atoms with Crippen LogP contribution in [0.3, 0.4) is 0 Å². The van der Waals surface area contributed by atoms with Crippen molar-refractivity contribution in [1.29, 1.82) is 5.26 Å². The highest BCUT2D eigenvalue weighted by Gasteiger charge is 2.24. The maximum atomic E-state index is 11.6. The second-order valence-electron chi connectivity index (χ2n) is 12.6. The second-order valence-corrected chi connectivity index (χ2v) is 13.7. The smallest absolute Gasteiger partial charge is 0.346 e. The molecule has 0 aliphatic rings. The standard InChI is InChI=1S/C40H44N2O2S/c1-10-11-12-13-14-31-19-34(45-35(31)20-32(21-41)40(43)44)30-15-17-33(18-16-30)42-38-28(8)24(4)22(2)26(6)36(38)37-27(7)23(3)25(5)29(9)39(37)42/h15-20H,10-14H2,1-9H3,(H,43,44)/b32-20+. The van der Waals surface area contributed by atoms with Gasteiger partial charge in [0.25, 0.3) is 0 Å². The van der Waals surface area contributed by atoms with Gasteiger partial charge in [0.15, 0.2) is 0 Å². The van der Waals surface area contributed by atoms with Crippen molar-refractivity contribution >= 4 is 45.2 Å². The van der Waals surface area contributed by atoms with Gasteiger partial charge >= 0.3 is 5.97 Å². The number of rotatable bonds is 9. The lowest BCUT2D eigenvalue weighted by Gasteiger charge is -2.16. The van der Waals surface area contributed by atoms with Crippen LogP contribution in [0.2, 0.25) is 0 Å². The number of aryl methyl sites for hydroxylation is 5. The molecule has 0 bridgehead atoms. The molecular weight excluding hydrogens is 573 g/mol. The van der Waals surface area contributed by atoms with E-state index in [2.05, 4.69) is 97.2 Å². The van der Waals surface area contributed by atoms with Crippen molar-refractivity contribution < 1.29 is 9.90 Å². The number of carbonyl (C=O) groups is 1. The molecule has 3 aromatic carbocycles. The van der Waals surface area contributed by atoms with Gasteiger partial charge in [0.05, 0.1) is 11.0 Å². The highest BCUT2D eigenvalue weighted by atomic mass is 32.1. The molecule has 45 heavy (non-hydrogen) atoms. The summed E-state index contributed by atoms with van der Waals surface area (Å²) in [6, 6.07) is 12.8. The molecule has 5 rings (SSSR count). The number of hydrogen-bond acceptors (Lipinski definition) is 3. The van der Waals surface area contributed by atoms with Crippen LogP contribution in [0.4, 0.5) is 0 Å². The zero-order valence-corrected chi connectivity index (χ0v) is 29.0. The molecule has 0 fully saturated rings. The number of thiophene rings is 1. The Bertz CT molecular complexity index is 1970. The predicted molar refractivity (Wildman–Crippen MR) is 191 cm³/mol. The number of carboxylic acid groups (broad SMARTS) is 1. The zero-order valence-electron chi connectivity index (χ0n) is 28.2. The third kappa shape index (κ3) is 5.51. The second kappa shape index (κ2) is 12.7. The molecule has 0 aliphatic heterocycles. The molecule has 5 aromatic rings. The van der Waals surface area contributed by atoms with Gasteiger partial charge in [-0.15, -0.1) is 11.3 Å². The fourth-order valence-electron chi connectivity index (χ4n) is 6.82. The normalized spacial score (nSPS) is 12.0. The minimum atomic E-state index is -1.19. The first-order valence-electron chi connectivity index (χ1n) is 16.0. The van der Waals surface area contributed by atoms with Crippen molar-refractivity contribution in [3.63, 3.8) is 0 Å². The summed E-state index contributed by atoms with van der Waals surface area (Å²) in [7, 11) is 0. The van der Waals surface area contributed by atoms with E-state index in [0.29, 0.717) is 0 Å². The van der Waals surface area contributed by atoms with Gasteiger partial charge in [0, 0.05) is 26.2 Å². The summed E-state index contributed by atoms with van der Waals surface area (Å²) in [5.41, 5.74) is 16.4. The minimum absolute atomic E-state index is 0.229. The third-order valence-corrected chi connectivity index (χ3v) is 11.4. The molecule has 0 aliphatic carbocycles. The molecule has 0 spiro atoms. The van der Waals surface area contributed by atoms with E-state index in [-0.39, 0.29) is 5.57 Å². The summed E-state index contributed by atoms with van der Waals surface area (Å²) in [6.07, 6.45) is 6.94. The molecule has 0 amide bonds. The van der Waals surface area contributed by atoms with Gasteiger partial charge in [0.2, 0.25) is 0 Å². The molecule has 1 N–H and O–H groups in total. The first-order valence-corrected chi connectivity index (χ1v) is 16.8. The van der Waals surface area contributed by atoms with Crippen LogP contribution in [-0.2, 0) is 11.2 Å². The first-order chi connectivity index (χ1) is 21.4. The van der Waals surface area contributed by atoms with Crippen LogP contribution in [-0.4, -0.2) is 15.6 Å². The van der Waals surface area contributed by atoms with Crippen LogP contribution in [0, 0.1) is 66.7 Å². The van der Waals surface area contributed by atoms with Crippen molar-refractivity contribution in [2.75, 3.05) is 0 Å². The molecule has 0 saturated heterocycles. The number of carboxylic acids is 1. The van der Waals surface area contributed by atoms with Crippen molar-refractivity contribution in [3.8, 4) is 22.2 Å². The lowest BCUT2D eigenvalue weighted by atomic mass is 9.90. The number of nitrogens with zero attached hydrogens (tertiary/aromatic N) is 2. The minimum Gasteiger partial charge on any atom is -0.477 e. The lowest BCUT2D eigenvalue weighted by molar-refractivity contribution is -0.132. The van der Waals surface area contributed by atoms with Crippen LogP contribution < -0.4 is 0 Å². The average molecular weight is 617 g/mol. The fraction of sp³-hybridized carbons (Fsp3) is 0.350. The van der Waals surface area contributed by atoms with Crippen LogP contribution in [0.15, 0.2) is 35.9 Å². The number of unbranched alkanes of at least 4 members (excludes halogenated alkanes) is 3. The zero-order chi connectivity index (χ0) is 32.7. The predicted octanol–water partition coefficient (Wildman–Crippen LogP) is 11.1. The summed E-state index contributed by atoms with van der Waals surface area (Å²) in [4.78, 5) is 13.6. The summed E-state index contributed by atoms with van der Waals surface area (Å²) in [6.45, 7) is 20.2. The van der Waals surface area contributed by atoms with Gasteiger partial charge in [-0.3, -0.25) is 0 Å². The van der Waals surface area contributed by atoms with Crippen LogP contribution in [0.25, 0.3) is 44.0 Å². The average Bonchev–Trinajstić information content (AvgIpc) is 3.61. The Morgan fingerprint density at radius 1 is 0.800 bits per heavy atom. The van der Waals surface area contributed by atoms with E-state index in [1.165, 1.54) is 72.7 Å². The third-order valence-electron chi connectivity index (χ3n) is 10.2. The molecule has 0 saturated carbocycles. The van der Waals surface area contributed by atoms with Gasteiger partial charge in [-0.2, -0.15) is 5.26 Å². The van der Waals surface area contributed by atoms with Crippen LogP contribution in [0.1, 0.15) is 87.6 Å². The molecule has 2 aromatic heterocycles. The Morgan fingerprint density at radius 3 is 1.82 bits per heavy atom. The van der Waals surface area contributed by atoms with E-state index < -0.39 is 5.97 Å². The van der Waals surface area contributed by atoms with Gasteiger partial charge in [-0.05, 0) is 148 Å². The number of benzene rings is 3. The Kier molecular flexibility index (Phi) is 9.10. The fourth-order valence-corrected chi connectivity index (χ4v) is 7.98. The van der Waals surface area contributed by atoms with Gasteiger partial charge in [-0.25, -0.2) is 4.79 Å². The Morgan fingerprint density at radius 2 is 1.33 bits per heavy atom. The number of nitriles is 1. The Balaban J connectivity index is 1.70. The molecule has 232 valence electrons. The molecule has 2 heterocycles. The quantitative estimate of drug-likeness (QED) is 0.102. The summed E-state index contributed by atoms with van der Waals surface area (Å²) in [5.74, 6) is -1.19. The van der Waals surface area contributed by atoms with E-state index in [0.717, 1.165) is 52.3 Å². The van der Waals surface area contributed by atoms with Gasteiger partial charge in [0.1, 0.15) is 11.6 Å². The topological polar surface area (TPSA) is 66.0 Å². The SMILES string of the molecule is CCCCCCc1cc(-c2ccc(-n3c4c(C)c(C)c(C)c(C)c4c4c(C)c(C)c(C)c(C)c43)cc2)sc1/C=C(\C#N)C(=O)O. The maximum Gasteiger partial charge on any atom is 0.346 e. The van der Waals surface area contributed by atoms with Crippen molar-refractivity contribution in [1.82, 2.24) is 4.57 Å². The van der Waals surface area contributed by atoms with E-state index >= 15 is 0 Å². The molecule has 4 nitrogen and oxygen atoms in total. The lowest BCUT2D eigenvalue weighted by Crippen LogP contribution is -2.01. The molecular formula is C40H44N2O2S. The highest BCUT2D eigenvalue weighted by molar-refractivity contribution is 7.16. The van der Waals surface area contributed by atoms with Crippen LogP contribution in [0.5, 0.6) is 0 Å². The molecule has 0 atom stereocenters. The number of hydrogen-bond donors (Lipinski definition) is 1. The first kappa shape index (κ1) is 32.3.